The van der Waals surface area contributed by atoms with Gasteiger partial charge in [-0.1, -0.05) is 29.9 Å². The van der Waals surface area contributed by atoms with Crippen LogP contribution in [-0.2, 0) is 0 Å². The SMILES string of the molecule is C1=[Si]c2ccccc21. The average molecular weight is 117 g/mol. The molecule has 1 aromatic carbocycles. The molecule has 0 aliphatic carbocycles. The lowest BCUT2D eigenvalue weighted by Gasteiger charge is -2.06. The zero-order valence-corrected chi connectivity index (χ0v) is 5.39. The summed E-state index contributed by atoms with van der Waals surface area (Å²) in [4.78, 5) is 0. The predicted octanol–water partition coefficient (Wildman–Crippen LogP) is 0.180. The van der Waals surface area contributed by atoms with Crippen LogP contribution in [0.3, 0.4) is 0 Å². The molecule has 1 aliphatic rings. The van der Waals surface area contributed by atoms with Crippen molar-refractivity contribution >= 4 is 20.0 Å². The molecule has 1 heterocycles. The fourth-order valence-corrected chi connectivity index (χ4v) is 1.68. The Morgan fingerprint density at radius 2 is 2.00 bits per heavy atom. The quantitative estimate of drug-likeness (QED) is 0.432. The second-order valence-electron chi connectivity index (χ2n) is 1.88. The molecular weight excluding hydrogens is 112 g/mol. The summed E-state index contributed by atoms with van der Waals surface area (Å²) in [5, 5.41) is 1.52. The van der Waals surface area contributed by atoms with Crippen LogP contribution in [0.2, 0.25) is 0 Å². The second kappa shape index (κ2) is 1.39. The van der Waals surface area contributed by atoms with E-state index in [-0.39, 0.29) is 0 Å². The van der Waals surface area contributed by atoms with Crippen molar-refractivity contribution in [1.29, 1.82) is 0 Å². The smallest absolute Gasteiger partial charge is 0.0611 e. The van der Waals surface area contributed by atoms with Crippen LogP contribution in [0.15, 0.2) is 24.3 Å². The van der Waals surface area contributed by atoms with E-state index in [0.717, 1.165) is 9.13 Å². The van der Waals surface area contributed by atoms with Crippen LogP contribution in [0, 0.1) is 0 Å². The van der Waals surface area contributed by atoms with Gasteiger partial charge in [-0.05, 0) is 10.8 Å². The van der Waals surface area contributed by atoms with Crippen LogP contribution in [0.25, 0.3) is 0 Å². The molecule has 1 radical (unpaired) electrons. The third-order valence-corrected chi connectivity index (χ3v) is 2.57. The highest BCUT2D eigenvalue weighted by molar-refractivity contribution is 6.72. The van der Waals surface area contributed by atoms with Gasteiger partial charge in [0.25, 0.3) is 0 Å². The Bertz CT molecular complexity index is 213. The third-order valence-electron chi connectivity index (χ3n) is 1.34. The van der Waals surface area contributed by atoms with Crippen molar-refractivity contribution in [2.24, 2.45) is 0 Å². The Morgan fingerprint density at radius 1 is 1.12 bits per heavy atom. The summed E-state index contributed by atoms with van der Waals surface area (Å²) in [6, 6.07) is 8.53. The van der Waals surface area contributed by atoms with Crippen LogP contribution in [0.1, 0.15) is 5.56 Å². The molecule has 0 aromatic heterocycles. The Kier molecular flexibility index (Phi) is 0.731. The highest BCUT2D eigenvalue weighted by Gasteiger charge is 2.00. The summed E-state index contributed by atoms with van der Waals surface area (Å²) in [5.74, 6) is 0. The van der Waals surface area contributed by atoms with Gasteiger partial charge >= 0.3 is 0 Å². The molecule has 0 saturated heterocycles. The van der Waals surface area contributed by atoms with Crippen LogP contribution in [-0.4, -0.2) is 14.8 Å². The molecule has 0 fully saturated rings. The van der Waals surface area contributed by atoms with E-state index in [9.17, 15) is 0 Å². The standard InChI is InChI=1S/C7H5Si/c1-2-4-7-6(3-1)5-8-7/h1-5H. The van der Waals surface area contributed by atoms with E-state index in [1.165, 1.54) is 10.8 Å². The van der Waals surface area contributed by atoms with Gasteiger partial charge in [-0.15, -0.1) is 0 Å². The Balaban J connectivity index is 2.69. The van der Waals surface area contributed by atoms with Crippen molar-refractivity contribution < 1.29 is 0 Å². The molecule has 0 bridgehead atoms. The minimum atomic E-state index is 0.967. The fourth-order valence-electron chi connectivity index (χ4n) is 0.832. The maximum atomic E-state index is 2.27. The summed E-state index contributed by atoms with van der Waals surface area (Å²) in [7, 11) is 0.967. The predicted molar refractivity (Wildman–Crippen MR) is 37.0 cm³/mol. The van der Waals surface area contributed by atoms with Crippen LogP contribution in [0.4, 0.5) is 0 Å². The van der Waals surface area contributed by atoms with Crippen molar-refractivity contribution in [3.63, 3.8) is 0 Å². The van der Waals surface area contributed by atoms with Gasteiger partial charge in [-0.2, -0.15) is 0 Å². The van der Waals surface area contributed by atoms with Crippen molar-refractivity contribution in [3.8, 4) is 0 Å². The molecule has 0 nitrogen and oxygen atoms in total. The Labute approximate surface area is 50.6 Å². The minimum Gasteiger partial charge on any atom is -0.0692 e. The molecular formula is C7H5Si. The lowest BCUT2D eigenvalue weighted by atomic mass is 10.2. The first-order chi connectivity index (χ1) is 3.97. The van der Waals surface area contributed by atoms with E-state index in [2.05, 4.69) is 29.9 Å². The van der Waals surface area contributed by atoms with Crippen molar-refractivity contribution in [1.82, 2.24) is 0 Å². The minimum absolute atomic E-state index is 0.967. The average Bonchev–Trinajstić information content (AvgIpc) is 1.72. The number of rotatable bonds is 0. The first-order valence-electron chi connectivity index (χ1n) is 2.65. The summed E-state index contributed by atoms with van der Waals surface area (Å²) in [6.45, 7) is 0. The zero-order chi connectivity index (χ0) is 5.40. The lowest BCUT2D eigenvalue weighted by Crippen LogP contribution is -2.24. The van der Waals surface area contributed by atoms with E-state index >= 15 is 0 Å². The third kappa shape index (κ3) is 0.420. The molecule has 37 valence electrons. The number of benzene rings is 1. The number of fused-ring (bicyclic) bond motifs is 1. The molecule has 0 atom stereocenters. The molecule has 1 aliphatic heterocycles. The van der Waals surface area contributed by atoms with Crippen LogP contribution in [0.5, 0.6) is 0 Å². The number of hydrogen-bond acceptors (Lipinski definition) is 0. The summed E-state index contributed by atoms with van der Waals surface area (Å²) < 4.78 is 0. The highest BCUT2D eigenvalue weighted by atomic mass is 28.2. The van der Waals surface area contributed by atoms with Gasteiger partial charge < -0.3 is 0 Å². The van der Waals surface area contributed by atoms with Crippen LogP contribution >= 0.6 is 0 Å². The van der Waals surface area contributed by atoms with Gasteiger partial charge in [0.05, 0.1) is 9.13 Å². The van der Waals surface area contributed by atoms with E-state index in [4.69, 9.17) is 0 Å². The van der Waals surface area contributed by atoms with E-state index in [0.29, 0.717) is 0 Å². The van der Waals surface area contributed by atoms with Gasteiger partial charge in [-0.25, -0.2) is 0 Å². The molecule has 2 rings (SSSR count). The van der Waals surface area contributed by atoms with Crippen molar-refractivity contribution in [2.75, 3.05) is 0 Å². The molecule has 1 aromatic rings. The summed E-state index contributed by atoms with van der Waals surface area (Å²) >= 11 is 0. The summed E-state index contributed by atoms with van der Waals surface area (Å²) in [6.07, 6.45) is 0. The Hall–Kier alpha value is -0.693. The van der Waals surface area contributed by atoms with Gasteiger partial charge in [0, 0.05) is 0 Å². The van der Waals surface area contributed by atoms with Crippen molar-refractivity contribution in [3.05, 3.63) is 29.8 Å². The maximum Gasteiger partial charge on any atom is 0.0611 e. The van der Waals surface area contributed by atoms with Gasteiger partial charge in [0.2, 0.25) is 0 Å². The van der Waals surface area contributed by atoms with E-state index in [1.807, 2.05) is 0 Å². The van der Waals surface area contributed by atoms with Gasteiger partial charge in [0.15, 0.2) is 0 Å². The number of hydrogen-bond donors (Lipinski definition) is 0. The van der Waals surface area contributed by atoms with E-state index < -0.39 is 0 Å². The molecule has 8 heavy (non-hydrogen) atoms. The molecule has 0 unspecified atom stereocenters. The monoisotopic (exact) mass is 117 g/mol. The summed E-state index contributed by atoms with van der Waals surface area (Å²) in [5.41, 5.74) is 3.71. The molecule has 1 heteroatoms. The van der Waals surface area contributed by atoms with Crippen LogP contribution < -0.4 is 5.19 Å². The van der Waals surface area contributed by atoms with Gasteiger partial charge in [-0.3, -0.25) is 0 Å². The molecule has 0 saturated carbocycles. The molecule has 0 amide bonds. The van der Waals surface area contributed by atoms with Crippen molar-refractivity contribution in [2.45, 2.75) is 0 Å². The first kappa shape index (κ1) is 4.21. The Morgan fingerprint density at radius 3 is 2.38 bits per heavy atom. The first-order valence-corrected chi connectivity index (χ1v) is 3.73. The second-order valence-corrected chi connectivity index (χ2v) is 2.99. The van der Waals surface area contributed by atoms with E-state index in [1.54, 1.807) is 0 Å². The molecule has 0 spiro atoms. The van der Waals surface area contributed by atoms with Gasteiger partial charge in [0.1, 0.15) is 0 Å². The molecule has 0 N–H and O–H groups in total. The fraction of sp³-hybridized carbons (Fsp3) is 0. The lowest BCUT2D eigenvalue weighted by molar-refractivity contribution is 1.73. The topological polar surface area (TPSA) is 0 Å². The maximum absolute atomic E-state index is 2.27. The normalized spacial score (nSPS) is 12.5. The highest BCUT2D eigenvalue weighted by Crippen LogP contribution is 1.94. The zero-order valence-electron chi connectivity index (χ0n) is 4.39. The largest absolute Gasteiger partial charge is 0.0692 e.